The van der Waals surface area contributed by atoms with Crippen LogP contribution in [0.2, 0.25) is 5.02 Å². The number of aliphatic hydroxyl groups is 1. The first kappa shape index (κ1) is 16.9. The number of likely N-dealkylation sites (tertiary alicyclic amines) is 1. The van der Waals surface area contributed by atoms with E-state index in [9.17, 15) is 9.90 Å². The quantitative estimate of drug-likeness (QED) is 0.871. The van der Waals surface area contributed by atoms with Crippen LogP contribution in [0.5, 0.6) is 0 Å². The maximum atomic E-state index is 12.2. The third-order valence-electron chi connectivity index (χ3n) is 4.19. The second-order valence-electron chi connectivity index (χ2n) is 6.03. The van der Waals surface area contributed by atoms with Crippen molar-refractivity contribution in [2.75, 3.05) is 13.1 Å². The Labute approximate surface area is 146 Å². The lowest BCUT2D eigenvalue weighted by Crippen LogP contribution is -2.40. The number of benzene rings is 1. The molecule has 1 aromatic carbocycles. The first-order chi connectivity index (χ1) is 11.6. The summed E-state index contributed by atoms with van der Waals surface area (Å²) in [6, 6.07) is 13.4. The summed E-state index contributed by atoms with van der Waals surface area (Å²) < 4.78 is 0. The maximum absolute atomic E-state index is 12.2. The number of rotatable bonds is 5. The van der Waals surface area contributed by atoms with Gasteiger partial charge in [-0.25, -0.2) is 0 Å². The minimum atomic E-state index is -0.361. The van der Waals surface area contributed by atoms with E-state index in [0.29, 0.717) is 30.2 Å². The number of aromatic nitrogens is 1. The molecule has 6 heteroatoms. The third-order valence-corrected chi connectivity index (χ3v) is 4.42. The molecular weight excluding hydrogens is 326 g/mol. The van der Waals surface area contributed by atoms with Gasteiger partial charge in [-0.05, 0) is 24.1 Å². The average molecular weight is 346 g/mol. The van der Waals surface area contributed by atoms with Crippen LogP contribution in [0.25, 0.3) is 0 Å². The highest BCUT2D eigenvalue weighted by Gasteiger charge is 2.31. The number of nitrogens with zero attached hydrogens (tertiary/aromatic N) is 2. The number of halogens is 1. The molecule has 24 heavy (non-hydrogen) atoms. The number of hydrogen-bond donors (Lipinski definition) is 2. The van der Waals surface area contributed by atoms with Gasteiger partial charge >= 0.3 is 0 Å². The molecule has 0 radical (unpaired) electrons. The number of aliphatic hydroxyl groups excluding tert-OH is 1. The van der Waals surface area contributed by atoms with Crippen LogP contribution >= 0.6 is 11.6 Å². The molecule has 1 aromatic heterocycles. The second-order valence-corrected chi connectivity index (χ2v) is 6.46. The van der Waals surface area contributed by atoms with Gasteiger partial charge in [0.05, 0.1) is 6.10 Å². The number of amides is 1. The lowest BCUT2D eigenvalue weighted by Gasteiger charge is -2.24. The van der Waals surface area contributed by atoms with Crippen LogP contribution in [-0.2, 0) is 6.54 Å². The first-order valence-corrected chi connectivity index (χ1v) is 8.35. The molecule has 1 aliphatic rings. The van der Waals surface area contributed by atoms with Gasteiger partial charge in [0.2, 0.25) is 0 Å². The first-order valence-electron chi connectivity index (χ1n) is 7.97. The standard InChI is InChI=1S/C18H20ClN3O2/c19-14-6-7-20-17(8-14)18(24)21-10-15-9-16(23)12-22(15)11-13-4-2-1-3-5-13/h1-8,15-16,23H,9-12H2,(H,21,24). The number of carbonyl (C=O) groups is 1. The summed E-state index contributed by atoms with van der Waals surface area (Å²) in [6.07, 6.45) is 1.80. The summed E-state index contributed by atoms with van der Waals surface area (Å²) in [5.41, 5.74) is 1.50. The predicted octanol–water partition coefficient (Wildman–Crippen LogP) is 2.10. The SMILES string of the molecule is O=C(NCC1CC(O)CN1Cc1ccccc1)c1cc(Cl)ccn1. The van der Waals surface area contributed by atoms with E-state index in [1.807, 2.05) is 18.2 Å². The molecule has 0 saturated carbocycles. The monoisotopic (exact) mass is 345 g/mol. The van der Waals surface area contributed by atoms with Gasteiger partial charge in [-0.1, -0.05) is 41.9 Å². The summed E-state index contributed by atoms with van der Waals surface area (Å²) in [6.45, 7) is 1.84. The normalized spacial score (nSPS) is 20.9. The van der Waals surface area contributed by atoms with E-state index in [4.69, 9.17) is 11.6 Å². The highest BCUT2D eigenvalue weighted by molar-refractivity contribution is 6.30. The Kier molecular flexibility index (Phi) is 5.45. The van der Waals surface area contributed by atoms with Gasteiger partial charge < -0.3 is 10.4 Å². The molecule has 2 heterocycles. The van der Waals surface area contributed by atoms with Crippen molar-refractivity contribution in [2.45, 2.75) is 25.1 Å². The van der Waals surface area contributed by atoms with Crippen molar-refractivity contribution in [3.05, 3.63) is 64.9 Å². The second kappa shape index (κ2) is 7.75. The predicted molar refractivity (Wildman–Crippen MR) is 92.8 cm³/mol. The molecule has 2 N–H and O–H groups in total. The molecule has 2 unspecified atom stereocenters. The molecule has 1 aliphatic heterocycles. The van der Waals surface area contributed by atoms with E-state index in [1.54, 1.807) is 12.1 Å². The van der Waals surface area contributed by atoms with Crippen molar-refractivity contribution < 1.29 is 9.90 Å². The van der Waals surface area contributed by atoms with E-state index in [0.717, 1.165) is 6.54 Å². The molecule has 2 aromatic rings. The molecule has 2 atom stereocenters. The zero-order valence-corrected chi connectivity index (χ0v) is 14.0. The van der Waals surface area contributed by atoms with Gasteiger partial charge in [0, 0.05) is 36.9 Å². The van der Waals surface area contributed by atoms with Crippen molar-refractivity contribution in [1.29, 1.82) is 0 Å². The Bertz CT molecular complexity index is 696. The van der Waals surface area contributed by atoms with Gasteiger partial charge in [-0.2, -0.15) is 0 Å². The maximum Gasteiger partial charge on any atom is 0.269 e. The van der Waals surface area contributed by atoms with Crippen molar-refractivity contribution in [3.63, 3.8) is 0 Å². The van der Waals surface area contributed by atoms with Crippen LogP contribution in [0.4, 0.5) is 0 Å². The number of hydrogen-bond acceptors (Lipinski definition) is 4. The van der Waals surface area contributed by atoms with Crippen LogP contribution in [-0.4, -0.2) is 46.1 Å². The van der Waals surface area contributed by atoms with Crippen LogP contribution in [0, 0.1) is 0 Å². The van der Waals surface area contributed by atoms with Crippen LogP contribution in [0.3, 0.4) is 0 Å². The minimum Gasteiger partial charge on any atom is -0.392 e. The van der Waals surface area contributed by atoms with Gasteiger partial charge in [0.25, 0.3) is 5.91 Å². The summed E-state index contributed by atoms with van der Waals surface area (Å²) in [5, 5.41) is 13.4. The Morgan fingerprint density at radius 3 is 2.88 bits per heavy atom. The molecule has 1 amide bonds. The van der Waals surface area contributed by atoms with Crippen molar-refractivity contribution >= 4 is 17.5 Å². The van der Waals surface area contributed by atoms with Gasteiger partial charge in [0.15, 0.2) is 0 Å². The zero-order chi connectivity index (χ0) is 16.9. The molecule has 5 nitrogen and oxygen atoms in total. The molecule has 0 bridgehead atoms. The Hall–Kier alpha value is -1.95. The lowest BCUT2D eigenvalue weighted by atomic mass is 10.1. The number of pyridine rings is 1. The highest BCUT2D eigenvalue weighted by Crippen LogP contribution is 2.20. The number of carbonyl (C=O) groups excluding carboxylic acids is 1. The molecule has 3 rings (SSSR count). The molecule has 126 valence electrons. The van der Waals surface area contributed by atoms with E-state index in [2.05, 4.69) is 27.3 Å². The van der Waals surface area contributed by atoms with E-state index in [1.165, 1.54) is 11.8 Å². The molecule has 1 fully saturated rings. The fourth-order valence-corrected chi connectivity index (χ4v) is 3.17. The Balaban J connectivity index is 1.59. The largest absolute Gasteiger partial charge is 0.392 e. The smallest absolute Gasteiger partial charge is 0.269 e. The topological polar surface area (TPSA) is 65.5 Å². The van der Waals surface area contributed by atoms with E-state index in [-0.39, 0.29) is 18.1 Å². The minimum absolute atomic E-state index is 0.100. The van der Waals surface area contributed by atoms with Gasteiger partial charge in [-0.15, -0.1) is 0 Å². The van der Waals surface area contributed by atoms with E-state index < -0.39 is 0 Å². The zero-order valence-electron chi connectivity index (χ0n) is 13.2. The fraction of sp³-hybridized carbons (Fsp3) is 0.333. The summed E-state index contributed by atoms with van der Waals surface area (Å²) in [7, 11) is 0. The van der Waals surface area contributed by atoms with Crippen molar-refractivity contribution in [3.8, 4) is 0 Å². The molecule has 0 spiro atoms. The molecule has 1 saturated heterocycles. The number of β-amino-alcohol motifs (C(OH)–C–C–N with tert-alkyl or cyclic N) is 1. The lowest BCUT2D eigenvalue weighted by molar-refractivity contribution is 0.0935. The van der Waals surface area contributed by atoms with Crippen LogP contribution in [0.1, 0.15) is 22.5 Å². The Morgan fingerprint density at radius 1 is 1.33 bits per heavy atom. The van der Waals surface area contributed by atoms with Crippen molar-refractivity contribution in [1.82, 2.24) is 15.2 Å². The molecule has 0 aliphatic carbocycles. The summed E-state index contributed by atoms with van der Waals surface area (Å²) in [4.78, 5) is 18.4. The third kappa shape index (κ3) is 4.32. The highest BCUT2D eigenvalue weighted by atomic mass is 35.5. The van der Waals surface area contributed by atoms with Gasteiger partial charge in [-0.3, -0.25) is 14.7 Å². The van der Waals surface area contributed by atoms with Crippen LogP contribution < -0.4 is 5.32 Å². The summed E-state index contributed by atoms with van der Waals surface area (Å²) >= 11 is 5.89. The Morgan fingerprint density at radius 2 is 2.12 bits per heavy atom. The van der Waals surface area contributed by atoms with Crippen molar-refractivity contribution in [2.24, 2.45) is 0 Å². The van der Waals surface area contributed by atoms with E-state index >= 15 is 0 Å². The number of nitrogens with one attached hydrogen (secondary N) is 1. The fourth-order valence-electron chi connectivity index (χ4n) is 3.01. The molecular formula is C18H20ClN3O2. The van der Waals surface area contributed by atoms with Crippen LogP contribution in [0.15, 0.2) is 48.7 Å². The summed E-state index contributed by atoms with van der Waals surface area (Å²) in [5.74, 6) is -0.251. The average Bonchev–Trinajstić information content (AvgIpc) is 2.93. The van der Waals surface area contributed by atoms with Gasteiger partial charge in [0.1, 0.15) is 5.69 Å².